The van der Waals surface area contributed by atoms with Crippen LogP contribution in [-0.2, 0) is 0 Å². The van der Waals surface area contributed by atoms with Crippen LogP contribution in [0.5, 0.6) is 0 Å². The lowest BCUT2D eigenvalue weighted by molar-refractivity contribution is 0.112. The minimum Gasteiger partial charge on any atom is -0.354 e. The molecule has 0 aliphatic rings. The van der Waals surface area contributed by atoms with E-state index in [0.29, 0.717) is 11.7 Å². The molecule has 21 heavy (non-hydrogen) atoms. The van der Waals surface area contributed by atoms with Crippen molar-refractivity contribution < 1.29 is 13.6 Å². The van der Waals surface area contributed by atoms with Crippen molar-refractivity contribution >= 4 is 17.2 Å². The molecule has 0 spiro atoms. The highest BCUT2D eigenvalue weighted by molar-refractivity contribution is 6.05. The number of aromatic amines is 1. The Morgan fingerprint density at radius 2 is 1.76 bits per heavy atom. The van der Waals surface area contributed by atoms with Gasteiger partial charge in [-0.1, -0.05) is 17.7 Å². The summed E-state index contributed by atoms with van der Waals surface area (Å²) in [5, 5.41) is 0.681. The van der Waals surface area contributed by atoms with Crippen LogP contribution in [0.25, 0.3) is 22.2 Å². The van der Waals surface area contributed by atoms with Crippen LogP contribution in [0.2, 0.25) is 0 Å². The number of carbonyl (C=O) groups excluding carboxylic acids is 1. The summed E-state index contributed by atoms with van der Waals surface area (Å²) in [5.41, 5.74) is 2.90. The van der Waals surface area contributed by atoms with Crippen LogP contribution in [-0.4, -0.2) is 11.3 Å². The number of benzene rings is 2. The van der Waals surface area contributed by atoms with Crippen molar-refractivity contribution in [1.82, 2.24) is 4.98 Å². The summed E-state index contributed by atoms with van der Waals surface area (Å²) < 4.78 is 28.0. The van der Waals surface area contributed by atoms with Gasteiger partial charge >= 0.3 is 0 Å². The number of H-pyrrole nitrogens is 1. The number of carbonyl (C=O) groups is 1. The van der Waals surface area contributed by atoms with Gasteiger partial charge in [0, 0.05) is 16.5 Å². The molecule has 0 bridgehead atoms. The summed E-state index contributed by atoms with van der Waals surface area (Å²) in [6, 6.07) is 7.44. The van der Waals surface area contributed by atoms with Crippen LogP contribution in [0.3, 0.4) is 0 Å². The number of aldehydes is 1. The number of hydrogen-bond donors (Lipinski definition) is 1. The van der Waals surface area contributed by atoms with E-state index in [1.54, 1.807) is 0 Å². The Labute approximate surface area is 120 Å². The fourth-order valence-corrected chi connectivity index (χ4v) is 2.73. The van der Waals surface area contributed by atoms with E-state index in [0.717, 1.165) is 16.6 Å². The predicted octanol–water partition coefficient (Wildman–Crippen LogP) is 4.54. The molecule has 1 heterocycles. The zero-order valence-electron chi connectivity index (χ0n) is 11.6. The molecule has 4 heteroatoms. The largest absolute Gasteiger partial charge is 0.354 e. The lowest BCUT2D eigenvalue weighted by Gasteiger charge is -2.03. The fourth-order valence-electron chi connectivity index (χ4n) is 2.73. The van der Waals surface area contributed by atoms with Gasteiger partial charge in [-0.2, -0.15) is 0 Å². The van der Waals surface area contributed by atoms with E-state index in [1.807, 2.05) is 26.0 Å². The molecule has 0 aliphatic carbocycles. The molecular formula is C17H13F2NO. The van der Waals surface area contributed by atoms with Crippen molar-refractivity contribution in [3.05, 3.63) is 58.7 Å². The van der Waals surface area contributed by atoms with Crippen molar-refractivity contribution in [2.24, 2.45) is 0 Å². The SMILES string of the molecule is Cc1cc(C)c2[nH]c(-c3c(F)cccc3F)c(C=O)c2c1. The van der Waals surface area contributed by atoms with Gasteiger partial charge in [0.2, 0.25) is 0 Å². The molecule has 0 atom stereocenters. The Balaban J connectivity index is 2.44. The van der Waals surface area contributed by atoms with E-state index in [9.17, 15) is 13.6 Å². The van der Waals surface area contributed by atoms with E-state index in [-0.39, 0.29) is 16.8 Å². The third kappa shape index (κ3) is 2.03. The lowest BCUT2D eigenvalue weighted by Crippen LogP contribution is -1.93. The highest BCUT2D eigenvalue weighted by atomic mass is 19.1. The number of nitrogens with one attached hydrogen (secondary N) is 1. The molecule has 0 aliphatic heterocycles. The number of fused-ring (bicyclic) bond motifs is 1. The Hall–Kier alpha value is -2.49. The van der Waals surface area contributed by atoms with Crippen molar-refractivity contribution in [3.63, 3.8) is 0 Å². The fraction of sp³-hybridized carbons (Fsp3) is 0.118. The second-order valence-corrected chi connectivity index (χ2v) is 5.13. The molecule has 0 saturated heterocycles. The smallest absolute Gasteiger partial charge is 0.152 e. The highest BCUT2D eigenvalue weighted by Crippen LogP contribution is 2.34. The summed E-state index contributed by atoms with van der Waals surface area (Å²) >= 11 is 0. The van der Waals surface area contributed by atoms with Gasteiger partial charge in [0.05, 0.1) is 11.3 Å². The molecule has 0 fully saturated rings. The molecular weight excluding hydrogens is 272 g/mol. The van der Waals surface area contributed by atoms with Crippen LogP contribution in [0, 0.1) is 25.5 Å². The van der Waals surface area contributed by atoms with Crippen LogP contribution in [0.15, 0.2) is 30.3 Å². The number of aryl methyl sites for hydroxylation is 2. The van der Waals surface area contributed by atoms with Gasteiger partial charge in [0.1, 0.15) is 11.6 Å². The van der Waals surface area contributed by atoms with E-state index in [1.165, 1.54) is 18.2 Å². The molecule has 0 amide bonds. The maximum absolute atomic E-state index is 14.0. The van der Waals surface area contributed by atoms with Gasteiger partial charge < -0.3 is 4.98 Å². The van der Waals surface area contributed by atoms with Crippen molar-refractivity contribution in [2.45, 2.75) is 13.8 Å². The first-order valence-corrected chi connectivity index (χ1v) is 6.55. The van der Waals surface area contributed by atoms with Crippen molar-refractivity contribution in [1.29, 1.82) is 0 Å². The Bertz CT molecular complexity index is 845. The molecule has 0 radical (unpaired) electrons. The summed E-state index contributed by atoms with van der Waals surface area (Å²) in [6.07, 6.45) is 0.638. The number of rotatable bonds is 2. The van der Waals surface area contributed by atoms with Gasteiger partial charge in [0.15, 0.2) is 6.29 Å². The van der Waals surface area contributed by atoms with Gasteiger partial charge in [-0.25, -0.2) is 8.78 Å². The summed E-state index contributed by atoms with van der Waals surface area (Å²) in [7, 11) is 0. The predicted molar refractivity (Wildman–Crippen MR) is 78.5 cm³/mol. The minimum absolute atomic E-state index is 0.185. The third-order valence-corrected chi connectivity index (χ3v) is 3.62. The van der Waals surface area contributed by atoms with E-state index in [4.69, 9.17) is 0 Å². The lowest BCUT2D eigenvalue weighted by atomic mass is 10.0. The molecule has 2 aromatic carbocycles. The molecule has 106 valence electrons. The van der Waals surface area contributed by atoms with E-state index < -0.39 is 11.6 Å². The van der Waals surface area contributed by atoms with Gasteiger partial charge in [0.25, 0.3) is 0 Å². The molecule has 3 rings (SSSR count). The quantitative estimate of drug-likeness (QED) is 0.689. The topological polar surface area (TPSA) is 32.9 Å². The van der Waals surface area contributed by atoms with Crippen LogP contribution in [0.1, 0.15) is 21.5 Å². The van der Waals surface area contributed by atoms with Crippen molar-refractivity contribution in [3.8, 4) is 11.3 Å². The average molecular weight is 285 g/mol. The molecule has 2 nitrogen and oxygen atoms in total. The molecule has 1 aromatic heterocycles. The monoisotopic (exact) mass is 285 g/mol. The average Bonchev–Trinajstić information content (AvgIpc) is 2.77. The third-order valence-electron chi connectivity index (χ3n) is 3.62. The second-order valence-electron chi connectivity index (χ2n) is 5.13. The maximum atomic E-state index is 14.0. The standard InChI is InChI=1S/C17H13F2NO/c1-9-6-10(2)16-11(7-9)12(8-21)17(20-16)15-13(18)4-3-5-14(15)19/h3-8,20H,1-2H3. The Morgan fingerprint density at radius 1 is 1.10 bits per heavy atom. The van der Waals surface area contributed by atoms with Gasteiger partial charge in [-0.05, 0) is 37.6 Å². The number of hydrogen-bond acceptors (Lipinski definition) is 1. The summed E-state index contributed by atoms with van der Waals surface area (Å²) in [6.45, 7) is 3.80. The maximum Gasteiger partial charge on any atom is 0.152 e. The second kappa shape index (κ2) is 4.81. The number of halogens is 2. The highest BCUT2D eigenvalue weighted by Gasteiger charge is 2.20. The van der Waals surface area contributed by atoms with Gasteiger partial charge in [-0.15, -0.1) is 0 Å². The zero-order valence-corrected chi connectivity index (χ0v) is 11.6. The van der Waals surface area contributed by atoms with Crippen LogP contribution < -0.4 is 0 Å². The van der Waals surface area contributed by atoms with Gasteiger partial charge in [-0.3, -0.25) is 4.79 Å². The normalized spacial score (nSPS) is 11.0. The van der Waals surface area contributed by atoms with E-state index >= 15 is 0 Å². The molecule has 0 saturated carbocycles. The first kappa shape index (κ1) is 13.5. The van der Waals surface area contributed by atoms with E-state index in [2.05, 4.69) is 4.98 Å². The minimum atomic E-state index is -0.695. The van der Waals surface area contributed by atoms with Crippen molar-refractivity contribution in [2.75, 3.05) is 0 Å². The summed E-state index contributed by atoms with van der Waals surface area (Å²) in [5.74, 6) is -1.39. The van der Waals surface area contributed by atoms with Crippen LogP contribution in [0.4, 0.5) is 8.78 Å². The van der Waals surface area contributed by atoms with Crippen LogP contribution >= 0.6 is 0 Å². The molecule has 1 N–H and O–H groups in total. The summed E-state index contributed by atoms with van der Waals surface area (Å²) in [4.78, 5) is 14.5. The molecule has 3 aromatic rings. The number of aromatic nitrogens is 1. The first-order valence-electron chi connectivity index (χ1n) is 6.55. The Kier molecular flexibility index (Phi) is 3.09. The first-order chi connectivity index (χ1) is 10.0. The molecule has 0 unspecified atom stereocenters. The zero-order chi connectivity index (χ0) is 15.1. The Morgan fingerprint density at radius 3 is 2.38 bits per heavy atom.